The minimum Gasteiger partial charge on any atom is -0.479 e. The largest absolute Gasteiger partial charge is 0.479 e. The zero-order chi connectivity index (χ0) is 16.6. The molecule has 0 radical (unpaired) electrons. The highest BCUT2D eigenvalue weighted by Gasteiger charge is 2.33. The summed E-state index contributed by atoms with van der Waals surface area (Å²) in [6.45, 7) is 4.63. The summed E-state index contributed by atoms with van der Waals surface area (Å²) in [4.78, 5) is 37.3. The Labute approximate surface area is 134 Å². The molecule has 2 aliphatic rings. The fourth-order valence-corrected chi connectivity index (χ4v) is 2.78. The van der Waals surface area contributed by atoms with Crippen LogP contribution in [0, 0.1) is 5.92 Å². The van der Waals surface area contributed by atoms with Crippen molar-refractivity contribution >= 4 is 29.1 Å². The highest BCUT2D eigenvalue weighted by Crippen LogP contribution is 2.32. The topological polar surface area (TPSA) is 87.7 Å². The first kappa shape index (κ1) is 15.3. The van der Waals surface area contributed by atoms with Crippen molar-refractivity contribution < 1.29 is 19.1 Å². The van der Waals surface area contributed by atoms with Crippen molar-refractivity contribution in [3.63, 3.8) is 0 Å². The fraction of sp³-hybridized carbons (Fsp3) is 0.438. The minimum absolute atomic E-state index is 0.00717. The Hall–Kier alpha value is -2.57. The molecule has 2 heterocycles. The first-order valence-electron chi connectivity index (χ1n) is 7.68. The lowest BCUT2D eigenvalue weighted by Gasteiger charge is -2.23. The molecule has 1 saturated heterocycles. The van der Waals surface area contributed by atoms with Gasteiger partial charge in [0.15, 0.2) is 6.10 Å². The molecule has 1 fully saturated rings. The number of hydrogen-bond acceptors (Lipinski definition) is 4. The van der Waals surface area contributed by atoms with Crippen LogP contribution in [-0.2, 0) is 14.4 Å². The van der Waals surface area contributed by atoms with E-state index in [0.717, 1.165) is 0 Å². The van der Waals surface area contributed by atoms with Gasteiger partial charge in [-0.25, -0.2) is 0 Å². The van der Waals surface area contributed by atoms with E-state index in [4.69, 9.17) is 4.74 Å². The summed E-state index contributed by atoms with van der Waals surface area (Å²) in [6, 6.07) is 5.08. The number of fused-ring (bicyclic) bond motifs is 1. The third-order valence-corrected chi connectivity index (χ3v) is 4.14. The normalized spacial score (nSPS) is 23.1. The van der Waals surface area contributed by atoms with Crippen LogP contribution in [0.15, 0.2) is 18.2 Å². The molecule has 122 valence electrons. The molecule has 7 nitrogen and oxygen atoms in total. The number of benzene rings is 1. The first-order valence-corrected chi connectivity index (χ1v) is 7.68. The maximum Gasteiger partial charge on any atom is 0.265 e. The van der Waals surface area contributed by atoms with Gasteiger partial charge in [0.25, 0.3) is 5.91 Å². The summed E-state index contributed by atoms with van der Waals surface area (Å²) in [5.74, 6) is -0.174. The molecule has 1 aromatic carbocycles. The molecule has 3 rings (SSSR count). The van der Waals surface area contributed by atoms with Gasteiger partial charge in [-0.15, -0.1) is 0 Å². The smallest absolute Gasteiger partial charge is 0.265 e. The van der Waals surface area contributed by atoms with Crippen LogP contribution in [-0.4, -0.2) is 41.8 Å². The van der Waals surface area contributed by atoms with Crippen molar-refractivity contribution in [3.8, 4) is 5.75 Å². The van der Waals surface area contributed by atoms with Crippen molar-refractivity contribution in [2.45, 2.75) is 26.4 Å². The number of amides is 3. The number of nitrogens with zero attached hydrogens (tertiary/aromatic N) is 1. The predicted octanol–water partition coefficient (Wildman–Crippen LogP) is 1.21. The Morgan fingerprint density at radius 3 is 2.91 bits per heavy atom. The van der Waals surface area contributed by atoms with Gasteiger partial charge in [-0.2, -0.15) is 0 Å². The lowest BCUT2D eigenvalue weighted by atomic mass is 10.1. The third kappa shape index (κ3) is 2.99. The Bertz CT molecular complexity index is 673. The summed E-state index contributed by atoms with van der Waals surface area (Å²) >= 11 is 0. The first-order chi connectivity index (χ1) is 11.0. The van der Waals surface area contributed by atoms with E-state index in [1.165, 1.54) is 0 Å². The maximum atomic E-state index is 12.3. The van der Waals surface area contributed by atoms with Crippen molar-refractivity contribution in [2.24, 2.45) is 5.92 Å². The van der Waals surface area contributed by atoms with E-state index in [9.17, 15) is 14.4 Å². The standard InChI is InChI=1S/C16H19N3O4/c1-3-19-8-10(6-14(19)20)16(22)17-11-4-5-13-12(7-11)18-15(21)9(2)23-13/h4-5,7,9-10H,3,6,8H2,1-2H3,(H,17,22)(H,18,21)/t9-,10-/m1/s1. The van der Waals surface area contributed by atoms with Crippen LogP contribution in [0.25, 0.3) is 0 Å². The van der Waals surface area contributed by atoms with E-state index in [0.29, 0.717) is 30.2 Å². The number of rotatable bonds is 3. The molecule has 0 spiro atoms. The molecule has 7 heteroatoms. The zero-order valence-corrected chi connectivity index (χ0v) is 13.1. The van der Waals surface area contributed by atoms with Crippen molar-refractivity contribution in [1.82, 2.24) is 4.90 Å². The van der Waals surface area contributed by atoms with E-state index >= 15 is 0 Å². The second-order valence-electron chi connectivity index (χ2n) is 5.78. The third-order valence-electron chi connectivity index (χ3n) is 4.14. The molecular weight excluding hydrogens is 298 g/mol. The molecular formula is C16H19N3O4. The van der Waals surface area contributed by atoms with Crippen LogP contribution in [0.1, 0.15) is 20.3 Å². The van der Waals surface area contributed by atoms with E-state index in [1.54, 1.807) is 30.0 Å². The van der Waals surface area contributed by atoms with Gasteiger partial charge in [0.1, 0.15) is 5.75 Å². The quantitative estimate of drug-likeness (QED) is 0.877. The molecule has 0 aliphatic carbocycles. The van der Waals surface area contributed by atoms with Gasteiger partial charge in [0.05, 0.1) is 11.6 Å². The number of carbonyl (C=O) groups excluding carboxylic acids is 3. The monoisotopic (exact) mass is 317 g/mol. The number of nitrogens with one attached hydrogen (secondary N) is 2. The SMILES string of the molecule is CCN1C[C@H](C(=O)Nc2ccc3c(c2)NC(=O)[C@@H](C)O3)CC1=O. The van der Waals surface area contributed by atoms with Crippen LogP contribution in [0.5, 0.6) is 5.75 Å². The molecule has 0 unspecified atom stereocenters. The van der Waals surface area contributed by atoms with Gasteiger partial charge in [0.2, 0.25) is 11.8 Å². The number of hydrogen-bond donors (Lipinski definition) is 2. The minimum atomic E-state index is -0.535. The van der Waals surface area contributed by atoms with Crippen LogP contribution in [0.2, 0.25) is 0 Å². The van der Waals surface area contributed by atoms with Gasteiger partial charge < -0.3 is 20.3 Å². The van der Waals surface area contributed by atoms with E-state index < -0.39 is 6.10 Å². The van der Waals surface area contributed by atoms with Crippen LogP contribution in [0.4, 0.5) is 11.4 Å². The van der Waals surface area contributed by atoms with Crippen LogP contribution >= 0.6 is 0 Å². The summed E-state index contributed by atoms with van der Waals surface area (Å²) in [5, 5.41) is 5.54. The van der Waals surface area contributed by atoms with E-state index in [1.807, 2.05) is 6.92 Å². The fourth-order valence-electron chi connectivity index (χ4n) is 2.78. The highest BCUT2D eigenvalue weighted by atomic mass is 16.5. The molecule has 0 aromatic heterocycles. The van der Waals surface area contributed by atoms with Crippen LogP contribution in [0.3, 0.4) is 0 Å². The molecule has 0 bridgehead atoms. The van der Waals surface area contributed by atoms with E-state index in [2.05, 4.69) is 10.6 Å². The molecule has 2 N–H and O–H groups in total. The predicted molar refractivity (Wildman–Crippen MR) is 84.2 cm³/mol. The van der Waals surface area contributed by atoms with Gasteiger partial charge in [-0.05, 0) is 32.0 Å². The summed E-state index contributed by atoms with van der Waals surface area (Å²) in [5.41, 5.74) is 1.10. The Morgan fingerprint density at radius 2 is 2.22 bits per heavy atom. The average molecular weight is 317 g/mol. The van der Waals surface area contributed by atoms with Gasteiger partial charge >= 0.3 is 0 Å². The average Bonchev–Trinajstić information content (AvgIpc) is 2.90. The molecule has 2 aliphatic heterocycles. The molecule has 2 atom stereocenters. The number of likely N-dealkylation sites (tertiary alicyclic amines) is 1. The number of anilines is 2. The molecule has 23 heavy (non-hydrogen) atoms. The van der Waals surface area contributed by atoms with Crippen molar-refractivity contribution in [1.29, 1.82) is 0 Å². The Kier molecular flexibility index (Phi) is 3.94. The van der Waals surface area contributed by atoms with Gasteiger partial charge in [0, 0.05) is 25.2 Å². The van der Waals surface area contributed by atoms with Crippen LogP contribution < -0.4 is 15.4 Å². The Morgan fingerprint density at radius 1 is 1.43 bits per heavy atom. The summed E-state index contributed by atoms with van der Waals surface area (Å²) in [6.07, 6.45) is -0.297. The molecule has 3 amide bonds. The highest BCUT2D eigenvalue weighted by molar-refractivity contribution is 6.00. The lowest BCUT2D eigenvalue weighted by Crippen LogP contribution is -2.34. The van der Waals surface area contributed by atoms with Gasteiger partial charge in [-0.1, -0.05) is 0 Å². The summed E-state index contributed by atoms with van der Waals surface area (Å²) < 4.78 is 5.47. The van der Waals surface area contributed by atoms with Crippen molar-refractivity contribution in [3.05, 3.63) is 18.2 Å². The van der Waals surface area contributed by atoms with Gasteiger partial charge in [-0.3, -0.25) is 14.4 Å². The number of carbonyl (C=O) groups is 3. The second kappa shape index (κ2) is 5.91. The summed E-state index contributed by atoms with van der Waals surface area (Å²) in [7, 11) is 0. The zero-order valence-electron chi connectivity index (χ0n) is 13.1. The number of ether oxygens (including phenoxy) is 1. The molecule has 1 aromatic rings. The Balaban J connectivity index is 1.69. The van der Waals surface area contributed by atoms with E-state index in [-0.39, 0.29) is 30.1 Å². The molecule has 0 saturated carbocycles. The van der Waals surface area contributed by atoms with Crippen molar-refractivity contribution in [2.75, 3.05) is 23.7 Å². The maximum absolute atomic E-state index is 12.3. The second-order valence-corrected chi connectivity index (χ2v) is 5.78. The lowest BCUT2D eigenvalue weighted by molar-refractivity contribution is -0.128.